The number of aliphatic carboxylic acids is 1. The number of aliphatic hydroxyl groups is 1. The van der Waals surface area contributed by atoms with Gasteiger partial charge in [-0.3, -0.25) is 4.79 Å². The first-order valence-corrected chi connectivity index (χ1v) is 7.48. The zero-order chi connectivity index (χ0) is 15.8. The largest absolute Gasteiger partial charge is 0.480 e. The Labute approximate surface area is 128 Å². The molecule has 1 aromatic rings. The Morgan fingerprint density at radius 1 is 1.43 bits per heavy atom. The fraction of sp³-hybridized carbons (Fsp3) is 0.333. The molecule has 0 aromatic heterocycles. The first kappa shape index (κ1) is 17.3. The summed E-state index contributed by atoms with van der Waals surface area (Å²) in [5.74, 6) is -1.31. The lowest BCUT2D eigenvalue weighted by molar-refractivity contribution is -0.140. The topological polar surface area (TPSA) is 86.6 Å². The number of benzene rings is 1. The number of hydrogen-bond acceptors (Lipinski definition) is 4. The molecule has 0 heterocycles. The van der Waals surface area contributed by atoms with E-state index in [0.717, 1.165) is 11.1 Å². The van der Waals surface area contributed by atoms with Crippen molar-refractivity contribution in [3.8, 4) is 0 Å². The number of carbonyl (C=O) groups is 2. The van der Waals surface area contributed by atoms with E-state index in [1.165, 1.54) is 18.7 Å². The molecule has 0 aliphatic carbocycles. The highest BCUT2D eigenvalue weighted by atomic mass is 32.2. The normalized spacial score (nSPS) is 13.2. The van der Waals surface area contributed by atoms with Crippen LogP contribution >= 0.6 is 11.8 Å². The molecule has 1 unspecified atom stereocenters. The molecule has 1 rings (SSSR count). The van der Waals surface area contributed by atoms with E-state index in [-0.39, 0.29) is 17.6 Å². The number of nitrogens with one attached hydrogen (secondary N) is 1. The maximum atomic E-state index is 11.1. The van der Waals surface area contributed by atoms with Crippen LogP contribution < -0.4 is 5.32 Å². The standard InChI is InChI=1S/C15H19NO4S/c1-3-11-6-4-5-7-12(11)14(8-17)21-9-13(15(19)20)16-10(2)18/h3-7,13-14,17H,1,8-9H2,2H3,(H,16,18)(H,19,20)/t13-,14?/m0/s1. The number of amides is 1. The van der Waals surface area contributed by atoms with Gasteiger partial charge in [0.2, 0.25) is 5.91 Å². The molecular weight excluding hydrogens is 290 g/mol. The van der Waals surface area contributed by atoms with Gasteiger partial charge in [0, 0.05) is 12.7 Å². The third-order valence-electron chi connectivity index (χ3n) is 2.87. The van der Waals surface area contributed by atoms with E-state index in [9.17, 15) is 14.7 Å². The van der Waals surface area contributed by atoms with Gasteiger partial charge >= 0.3 is 5.97 Å². The molecule has 0 spiro atoms. The number of thioether (sulfide) groups is 1. The van der Waals surface area contributed by atoms with Crippen LogP contribution in [0.5, 0.6) is 0 Å². The van der Waals surface area contributed by atoms with Gasteiger partial charge in [0.1, 0.15) is 6.04 Å². The van der Waals surface area contributed by atoms with Gasteiger partial charge in [0.05, 0.1) is 11.9 Å². The van der Waals surface area contributed by atoms with Gasteiger partial charge in [-0.25, -0.2) is 4.79 Å². The van der Waals surface area contributed by atoms with E-state index < -0.39 is 17.9 Å². The first-order valence-electron chi connectivity index (χ1n) is 6.43. The number of carboxylic acid groups (broad SMARTS) is 1. The van der Waals surface area contributed by atoms with Crippen molar-refractivity contribution in [3.05, 3.63) is 42.0 Å². The number of carbonyl (C=O) groups excluding carboxylic acids is 1. The molecule has 0 aliphatic heterocycles. The van der Waals surface area contributed by atoms with Crippen LogP contribution in [0, 0.1) is 0 Å². The van der Waals surface area contributed by atoms with Crippen molar-refractivity contribution >= 4 is 29.7 Å². The van der Waals surface area contributed by atoms with Gasteiger partial charge in [0.15, 0.2) is 0 Å². The second-order valence-corrected chi connectivity index (χ2v) is 5.66. The third-order valence-corrected chi connectivity index (χ3v) is 4.20. The molecule has 0 saturated carbocycles. The number of rotatable bonds is 8. The lowest BCUT2D eigenvalue weighted by atomic mass is 10.0. The average molecular weight is 309 g/mol. The summed E-state index contributed by atoms with van der Waals surface area (Å²) in [6, 6.07) is 6.51. The molecule has 1 aromatic carbocycles. The van der Waals surface area contributed by atoms with Crippen molar-refractivity contribution in [1.29, 1.82) is 0 Å². The van der Waals surface area contributed by atoms with Gasteiger partial charge in [0.25, 0.3) is 0 Å². The molecular formula is C15H19NO4S. The van der Waals surface area contributed by atoms with E-state index >= 15 is 0 Å². The van der Waals surface area contributed by atoms with Crippen LogP contribution in [-0.4, -0.2) is 40.5 Å². The molecule has 0 aliphatic rings. The maximum absolute atomic E-state index is 11.1. The van der Waals surface area contributed by atoms with Crippen LogP contribution in [0.4, 0.5) is 0 Å². The predicted octanol–water partition coefficient (Wildman–Crippen LogP) is 1.69. The molecule has 6 heteroatoms. The Kier molecular flexibility index (Phi) is 6.98. The molecule has 3 N–H and O–H groups in total. The zero-order valence-corrected chi connectivity index (χ0v) is 12.6. The fourth-order valence-corrected chi connectivity index (χ4v) is 3.01. The SMILES string of the molecule is C=Cc1ccccc1C(CO)SC[C@H](NC(C)=O)C(=O)O. The average Bonchev–Trinajstić information content (AvgIpc) is 2.46. The minimum atomic E-state index is -1.09. The summed E-state index contributed by atoms with van der Waals surface area (Å²) in [5, 5.41) is 20.7. The van der Waals surface area contributed by atoms with Crippen molar-refractivity contribution in [2.45, 2.75) is 18.2 Å². The summed E-state index contributed by atoms with van der Waals surface area (Å²) in [6.07, 6.45) is 1.70. The highest BCUT2D eigenvalue weighted by Gasteiger charge is 2.22. The second kappa shape index (κ2) is 8.49. The molecule has 0 saturated heterocycles. The first-order chi connectivity index (χ1) is 9.99. The van der Waals surface area contributed by atoms with Gasteiger partial charge in [-0.2, -0.15) is 0 Å². The van der Waals surface area contributed by atoms with Crippen LogP contribution in [0.1, 0.15) is 23.3 Å². The van der Waals surface area contributed by atoms with Crippen LogP contribution in [0.2, 0.25) is 0 Å². The minimum Gasteiger partial charge on any atom is -0.480 e. The van der Waals surface area contributed by atoms with E-state index in [2.05, 4.69) is 11.9 Å². The Morgan fingerprint density at radius 2 is 2.10 bits per heavy atom. The van der Waals surface area contributed by atoms with Gasteiger partial charge < -0.3 is 15.5 Å². The van der Waals surface area contributed by atoms with Crippen molar-refractivity contribution in [2.75, 3.05) is 12.4 Å². The Bertz CT molecular complexity index is 518. The third kappa shape index (κ3) is 5.24. The van der Waals surface area contributed by atoms with Crippen LogP contribution in [0.15, 0.2) is 30.8 Å². The molecule has 0 bridgehead atoms. The maximum Gasteiger partial charge on any atom is 0.327 e. The fourth-order valence-electron chi connectivity index (χ4n) is 1.86. The molecule has 114 valence electrons. The van der Waals surface area contributed by atoms with E-state index in [4.69, 9.17) is 5.11 Å². The summed E-state index contributed by atoms with van der Waals surface area (Å²) in [5.41, 5.74) is 1.79. The molecule has 21 heavy (non-hydrogen) atoms. The van der Waals surface area contributed by atoms with Crippen LogP contribution in [0.3, 0.4) is 0 Å². The lowest BCUT2D eigenvalue weighted by Crippen LogP contribution is -2.41. The van der Waals surface area contributed by atoms with Crippen molar-refractivity contribution in [3.63, 3.8) is 0 Å². The van der Waals surface area contributed by atoms with Crippen LogP contribution in [0.25, 0.3) is 6.08 Å². The Morgan fingerprint density at radius 3 is 2.62 bits per heavy atom. The van der Waals surface area contributed by atoms with Crippen molar-refractivity contribution in [2.24, 2.45) is 0 Å². The highest BCUT2D eigenvalue weighted by molar-refractivity contribution is 7.99. The quantitative estimate of drug-likeness (QED) is 0.680. The molecule has 1 amide bonds. The van der Waals surface area contributed by atoms with Crippen molar-refractivity contribution in [1.82, 2.24) is 5.32 Å². The summed E-state index contributed by atoms with van der Waals surface area (Å²) in [4.78, 5) is 22.1. The lowest BCUT2D eigenvalue weighted by Gasteiger charge is -2.19. The smallest absolute Gasteiger partial charge is 0.327 e. The summed E-state index contributed by atoms with van der Waals surface area (Å²) >= 11 is 1.29. The highest BCUT2D eigenvalue weighted by Crippen LogP contribution is 2.31. The minimum absolute atomic E-state index is 0.123. The summed E-state index contributed by atoms with van der Waals surface area (Å²) in [6.45, 7) is 4.88. The van der Waals surface area contributed by atoms with Gasteiger partial charge in [-0.15, -0.1) is 11.8 Å². The predicted molar refractivity (Wildman–Crippen MR) is 84.1 cm³/mol. The van der Waals surface area contributed by atoms with Gasteiger partial charge in [-0.1, -0.05) is 36.9 Å². The van der Waals surface area contributed by atoms with E-state index in [1.54, 1.807) is 6.08 Å². The zero-order valence-electron chi connectivity index (χ0n) is 11.8. The summed E-state index contributed by atoms with van der Waals surface area (Å²) < 4.78 is 0. The Hall–Kier alpha value is -1.79. The van der Waals surface area contributed by atoms with Crippen LogP contribution in [-0.2, 0) is 9.59 Å². The van der Waals surface area contributed by atoms with E-state index in [1.807, 2.05) is 24.3 Å². The Balaban J connectivity index is 2.79. The number of hydrogen-bond donors (Lipinski definition) is 3. The monoisotopic (exact) mass is 309 g/mol. The number of aliphatic hydroxyl groups excluding tert-OH is 1. The second-order valence-electron chi connectivity index (χ2n) is 4.43. The van der Waals surface area contributed by atoms with E-state index in [0.29, 0.717) is 0 Å². The van der Waals surface area contributed by atoms with Crippen molar-refractivity contribution < 1.29 is 19.8 Å². The molecule has 0 fully saturated rings. The molecule has 2 atom stereocenters. The molecule has 0 radical (unpaired) electrons. The number of carboxylic acids is 1. The summed E-state index contributed by atoms with van der Waals surface area (Å²) in [7, 11) is 0. The molecule has 5 nitrogen and oxygen atoms in total. The van der Waals surface area contributed by atoms with Gasteiger partial charge in [-0.05, 0) is 11.1 Å².